The maximum absolute atomic E-state index is 12.4. The molecule has 4 aromatic carbocycles. The molecule has 0 bridgehead atoms. The van der Waals surface area contributed by atoms with E-state index in [1.165, 1.54) is 5.69 Å². The van der Waals surface area contributed by atoms with Crippen molar-refractivity contribution in [1.82, 2.24) is 10.3 Å². The van der Waals surface area contributed by atoms with Crippen LogP contribution < -0.4 is 15.2 Å². The average Bonchev–Trinajstić information content (AvgIpc) is 2.99. The van der Waals surface area contributed by atoms with Crippen molar-refractivity contribution in [2.45, 2.75) is 6.42 Å². The Morgan fingerprint density at radius 2 is 1.24 bits per heavy atom. The molecule has 0 radical (unpaired) electrons. The molecule has 1 fully saturated rings. The van der Waals surface area contributed by atoms with E-state index in [9.17, 15) is 4.79 Å². The number of benzene rings is 4. The van der Waals surface area contributed by atoms with E-state index in [0.29, 0.717) is 6.42 Å². The molecule has 0 saturated carbocycles. The molecule has 1 saturated heterocycles. The SMILES string of the molecule is O=C(CCN1CCN(c2ccccc2)CC1)N/N=C/c1ccc(N(c2ccccc2)c2ccccc2)cc1. The predicted octanol–water partition coefficient (Wildman–Crippen LogP) is 5.82. The number of nitrogens with one attached hydrogen (secondary N) is 1. The van der Waals surface area contributed by atoms with Crippen LogP contribution in [0, 0.1) is 0 Å². The summed E-state index contributed by atoms with van der Waals surface area (Å²) in [7, 11) is 0. The van der Waals surface area contributed by atoms with Gasteiger partial charge in [0.1, 0.15) is 0 Å². The molecule has 1 heterocycles. The van der Waals surface area contributed by atoms with Gasteiger partial charge in [-0.3, -0.25) is 9.69 Å². The van der Waals surface area contributed by atoms with E-state index in [0.717, 1.165) is 55.3 Å². The number of rotatable bonds is 9. The first kappa shape index (κ1) is 25.2. The number of carbonyl (C=O) groups excluding carboxylic acids is 1. The van der Waals surface area contributed by atoms with Gasteiger partial charge in [-0.2, -0.15) is 5.10 Å². The number of carbonyl (C=O) groups is 1. The van der Waals surface area contributed by atoms with Crippen LogP contribution in [-0.4, -0.2) is 49.7 Å². The first-order chi connectivity index (χ1) is 18.8. The summed E-state index contributed by atoms with van der Waals surface area (Å²) in [6.07, 6.45) is 2.13. The molecule has 6 nitrogen and oxygen atoms in total. The third kappa shape index (κ3) is 6.66. The second kappa shape index (κ2) is 12.7. The van der Waals surface area contributed by atoms with Crippen molar-refractivity contribution < 1.29 is 4.79 Å². The Labute approximate surface area is 224 Å². The van der Waals surface area contributed by atoms with Crippen LogP contribution in [0.1, 0.15) is 12.0 Å². The van der Waals surface area contributed by atoms with E-state index in [-0.39, 0.29) is 5.91 Å². The maximum atomic E-state index is 12.4. The van der Waals surface area contributed by atoms with Crippen LogP contribution in [0.5, 0.6) is 0 Å². The molecule has 0 aromatic heterocycles. The Morgan fingerprint density at radius 1 is 0.711 bits per heavy atom. The van der Waals surface area contributed by atoms with Gasteiger partial charge in [-0.25, -0.2) is 5.43 Å². The number of anilines is 4. The van der Waals surface area contributed by atoms with Crippen molar-refractivity contribution in [3.63, 3.8) is 0 Å². The standard InChI is InChI=1S/C32H33N5O/c38-32(20-21-35-22-24-36(25-23-35)28-10-4-1-5-11-28)34-33-26-27-16-18-31(19-17-27)37(29-12-6-2-7-13-29)30-14-8-3-9-15-30/h1-19,26H,20-25H2,(H,34,38)/b33-26+. The van der Waals surface area contributed by atoms with E-state index >= 15 is 0 Å². The number of hydrogen-bond donors (Lipinski definition) is 1. The van der Waals surface area contributed by atoms with E-state index in [4.69, 9.17) is 0 Å². The van der Waals surface area contributed by atoms with Gasteiger partial charge in [-0.1, -0.05) is 66.7 Å². The topological polar surface area (TPSA) is 51.2 Å². The highest BCUT2D eigenvalue weighted by atomic mass is 16.2. The lowest BCUT2D eigenvalue weighted by molar-refractivity contribution is -0.121. The minimum absolute atomic E-state index is 0.0670. The van der Waals surface area contributed by atoms with Crippen molar-refractivity contribution in [2.24, 2.45) is 5.10 Å². The largest absolute Gasteiger partial charge is 0.369 e. The summed E-state index contributed by atoms with van der Waals surface area (Å²) in [6, 6.07) is 39.2. The highest BCUT2D eigenvalue weighted by molar-refractivity contribution is 5.84. The number of hydrogen-bond acceptors (Lipinski definition) is 5. The van der Waals surface area contributed by atoms with E-state index in [1.54, 1.807) is 6.21 Å². The normalized spacial score (nSPS) is 13.9. The molecule has 1 N–H and O–H groups in total. The fourth-order valence-electron chi connectivity index (χ4n) is 4.67. The van der Waals surface area contributed by atoms with Gasteiger partial charge in [0.25, 0.3) is 0 Å². The molecule has 0 atom stereocenters. The van der Waals surface area contributed by atoms with Gasteiger partial charge < -0.3 is 9.80 Å². The zero-order chi connectivity index (χ0) is 26.0. The Kier molecular flexibility index (Phi) is 8.44. The van der Waals surface area contributed by atoms with Gasteiger partial charge >= 0.3 is 0 Å². The summed E-state index contributed by atoms with van der Waals surface area (Å²) in [4.78, 5) is 19.3. The third-order valence-corrected chi connectivity index (χ3v) is 6.73. The number of piperazine rings is 1. The zero-order valence-electron chi connectivity index (χ0n) is 21.5. The van der Waals surface area contributed by atoms with Crippen LogP contribution in [0.2, 0.25) is 0 Å². The molecule has 38 heavy (non-hydrogen) atoms. The van der Waals surface area contributed by atoms with Gasteiger partial charge in [0.2, 0.25) is 5.91 Å². The molecule has 1 amide bonds. The number of nitrogens with zero attached hydrogens (tertiary/aromatic N) is 4. The third-order valence-electron chi connectivity index (χ3n) is 6.73. The molecule has 0 unspecified atom stereocenters. The van der Waals surface area contributed by atoms with Crippen LogP contribution in [0.25, 0.3) is 0 Å². The fraction of sp³-hybridized carbons (Fsp3) is 0.188. The van der Waals surface area contributed by atoms with Crippen LogP contribution in [-0.2, 0) is 4.79 Å². The first-order valence-corrected chi connectivity index (χ1v) is 13.1. The van der Waals surface area contributed by atoms with Gasteiger partial charge in [0.15, 0.2) is 0 Å². The van der Waals surface area contributed by atoms with E-state index < -0.39 is 0 Å². The lowest BCUT2D eigenvalue weighted by Crippen LogP contribution is -2.47. The van der Waals surface area contributed by atoms with Gasteiger partial charge in [0.05, 0.1) is 6.21 Å². The Hall–Kier alpha value is -4.42. The first-order valence-electron chi connectivity index (χ1n) is 13.1. The van der Waals surface area contributed by atoms with E-state index in [2.05, 4.69) is 85.9 Å². The van der Waals surface area contributed by atoms with Crippen molar-refractivity contribution >= 4 is 34.9 Å². The van der Waals surface area contributed by atoms with Crippen LogP contribution >= 0.6 is 0 Å². The lowest BCUT2D eigenvalue weighted by Gasteiger charge is -2.36. The van der Waals surface area contributed by atoms with Gasteiger partial charge in [-0.15, -0.1) is 0 Å². The van der Waals surface area contributed by atoms with Crippen molar-refractivity contribution in [3.05, 3.63) is 121 Å². The molecule has 6 heteroatoms. The molecule has 1 aliphatic heterocycles. The summed E-state index contributed by atoms with van der Waals surface area (Å²) in [5, 5.41) is 4.18. The minimum atomic E-state index is -0.0670. The minimum Gasteiger partial charge on any atom is -0.369 e. The second-order valence-corrected chi connectivity index (χ2v) is 9.31. The maximum Gasteiger partial charge on any atom is 0.241 e. The summed E-state index contributed by atoms with van der Waals surface area (Å²) in [5.41, 5.74) is 8.10. The van der Waals surface area contributed by atoms with Crippen molar-refractivity contribution in [1.29, 1.82) is 0 Å². The van der Waals surface area contributed by atoms with Crippen molar-refractivity contribution in [2.75, 3.05) is 42.5 Å². The number of hydrazone groups is 1. The molecular formula is C32H33N5O. The second-order valence-electron chi connectivity index (χ2n) is 9.31. The number of amides is 1. The molecule has 0 aliphatic carbocycles. The predicted molar refractivity (Wildman–Crippen MR) is 157 cm³/mol. The smallest absolute Gasteiger partial charge is 0.241 e. The van der Waals surface area contributed by atoms with Crippen molar-refractivity contribution in [3.8, 4) is 0 Å². The lowest BCUT2D eigenvalue weighted by atomic mass is 10.1. The van der Waals surface area contributed by atoms with Crippen LogP contribution in [0.15, 0.2) is 120 Å². The van der Waals surface area contributed by atoms with Gasteiger partial charge in [0, 0.05) is 61.9 Å². The monoisotopic (exact) mass is 503 g/mol. The highest BCUT2D eigenvalue weighted by Crippen LogP contribution is 2.33. The zero-order valence-corrected chi connectivity index (χ0v) is 21.5. The Morgan fingerprint density at radius 3 is 1.82 bits per heavy atom. The molecule has 5 rings (SSSR count). The summed E-state index contributed by atoms with van der Waals surface area (Å²) < 4.78 is 0. The Bertz CT molecular complexity index is 1260. The molecule has 4 aromatic rings. The van der Waals surface area contributed by atoms with Gasteiger partial charge in [-0.05, 0) is 54.1 Å². The summed E-state index contributed by atoms with van der Waals surface area (Å²) >= 11 is 0. The molecule has 0 spiro atoms. The molecule has 192 valence electrons. The van der Waals surface area contributed by atoms with Crippen LogP contribution in [0.3, 0.4) is 0 Å². The highest BCUT2D eigenvalue weighted by Gasteiger charge is 2.17. The quantitative estimate of drug-likeness (QED) is 0.231. The van der Waals surface area contributed by atoms with E-state index in [1.807, 2.05) is 54.6 Å². The number of para-hydroxylation sites is 3. The molecule has 1 aliphatic rings. The summed E-state index contributed by atoms with van der Waals surface area (Å²) in [5.74, 6) is -0.0670. The molecular weight excluding hydrogens is 470 g/mol. The van der Waals surface area contributed by atoms with Crippen LogP contribution in [0.4, 0.5) is 22.7 Å². The average molecular weight is 504 g/mol. The summed E-state index contributed by atoms with van der Waals surface area (Å²) in [6.45, 7) is 4.62. The fourth-order valence-corrected chi connectivity index (χ4v) is 4.67. The Balaban J connectivity index is 1.11.